The zero-order valence-corrected chi connectivity index (χ0v) is 20.0. The van der Waals surface area contributed by atoms with Crippen LogP contribution in [0.3, 0.4) is 0 Å². The third-order valence-electron chi connectivity index (χ3n) is 5.52. The molecule has 0 fully saturated rings. The predicted octanol–water partition coefficient (Wildman–Crippen LogP) is 2.77. The van der Waals surface area contributed by atoms with Crippen LogP contribution < -0.4 is 5.73 Å². The average Bonchev–Trinajstić information content (AvgIpc) is 3.43. The molecule has 9 heteroatoms. The van der Waals surface area contributed by atoms with Crippen molar-refractivity contribution in [3.05, 3.63) is 66.7 Å². The molecule has 0 radical (unpaired) electrons. The third kappa shape index (κ3) is 5.02. The summed E-state index contributed by atoms with van der Waals surface area (Å²) in [6, 6.07) is 11.7. The SMILES string of the molecule is CC(C)(C#Cc1cccn2ncc(-c3ccc(-c4cnn(CCS(C)(=O)=O)c4)cc3)c12)C(N)=O. The van der Waals surface area contributed by atoms with Gasteiger partial charge in [0.15, 0.2) is 0 Å². The molecule has 0 saturated carbocycles. The van der Waals surface area contributed by atoms with Gasteiger partial charge in [0, 0.05) is 29.8 Å². The minimum absolute atomic E-state index is 0.0453. The van der Waals surface area contributed by atoms with Crippen molar-refractivity contribution in [1.82, 2.24) is 19.4 Å². The van der Waals surface area contributed by atoms with Crippen LogP contribution in [0.1, 0.15) is 19.4 Å². The van der Waals surface area contributed by atoms with Crippen molar-refractivity contribution in [2.75, 3.05) is 12.0 Å². The molecule has 0 atom stereocenters. The summed E-state index contributed by atoms with van der Waals surface area (Å²) in [4.78, 5) is 11.6. The van der Waals surface area contributed by atoms with Gasteiger partial charge in [0.05, 0.1) is 35.8 Å². The van der Waals surface area contributed by atoms with E-state index < -0.39 is 21.2 Å². The summed E-state index contributed by atoms with van der Waals surface area (Å²) >= 11 is 0. The number of hydrogen-bond donors (Lipinski definition) is 1. The maximum Gasteiger partial charge on any atom is 0.235 e. The quantitative estimate of drug-likeness (QED) is 0.431. The van der Waals surface area contributed by atoms with Crippen LogP contribution in [0, 0.1) is 17.3 Å². The largest absolute Gasteiger partial charge is 0.368 e. The Balaban J connectivity index is 1.65. The van der Waals surface area contributed by atoms with Crippen LogP contribution in [0.5, 0.6) is 0 Å². The lowest BCUT2D eigenvalue weighted by molar-refractivity contribution is -0.123. The van der Waals surface area contributed by atoms with Crippen molar-refractivity contribution in [2.45, 2.75) is 20.4 Å². The molecule has 0 aliphatic heterocycles. The molecule has 0 unspecified atom stereocenters. The number of primary amides is 1. The van der Waals surface area contributed by atoms with Crippen LogP contribution in [0.15, 0.2) is 61.2 Å². The van der Waals surface area contributed by atoms with Gasteiger partial charge in [-0.1, -0.05) is 36.1 Å². The maximum atomic E-state index is 11.6. The summed E-state index contributed by atoms with van der Waals surface area (Å²) in [6.45, 7) is 3.71. The van der Waals surface area contributed by atoms with E-state index >= 15 is 0 Å². The fourth-order valence-corrected chi connectivity index (χ4v) is 3.90. The Bertz CT molecular complexity index is 1530. The third-order valence-corrected chi connectivity index (χ3v) is 6.44. The highest BCUT2D eigenvalue weighted by Crippen LogP contribution is 2.29. The van der Waals surface area contributed by atoms with Gasteiger partial charge in [0.2, 0.25) is 5.91 Å². The Hall–Kier alpha value is -3.90. The number of nitrogens with zero attached hydrogens (tertiary/aromatic N) is 4. The molecule has 4 rings (SSSR count). The van der Waals surface area contributed by atoms with Gasteiger partial charge < -0.3 is 5.73 Å². The van der Waals surface area contributed by atoms with Gasteiger partial charge in [-0.25, -0.2) is 12.9 Å². The van der Waals surface area contributed by atoms with Gasteiger partial charge in [0.25, 0.3) is 0 Å². The molecule has 0 saturated heterocycles. The van der Waals surface area contributed by atoms with Crippen molar-refractivity contribution in [2.24, 2.45) is 11.1 Å². The molecule has 3 heterocycles. The predicted molar refractivity (Wildman–Crippen MR) is 131 cm³/mol. The topological polar surface area (TPSA) is 112 Å². The van der Waals surface area contributed by atoms with Crippen molar-refractivity contribution in [1.29, 1.82) is 0 Å². The van der Waals surface area contributed by atoms with Crippen LogP contribution in [0.2, 0.25) is 0 Å². The number of sulfone groups is 1. The Morgan fingerprint density at radius 1 is 1.06 bits per heavy atom. The number of hydrogen-bond acceptors (Lipinski definition) is 5. The van der Waals surface area contributed by atoms with Gasteiger partial charge in [-0.15, -0.1) is 0 Å². The first kappa shape index (κ1) is 23.3. The highest BCUT2D eigenvalue weighted by molar-refractivity contribution is 7.90. The molecule has 0 aliphatic rings. The highest BCUT2D eigenvalue weighted by atomic mass is 32.2. The Kier molecular flexibility index (Phi) is 6.02. The first-order valence-corrected chi connectivity index (χ1v) is 12.7. The number of carbonyl (C=O) groups is 1. The van der Waals surface area contributed by atoms with Gasteiger partial charge in [-0.3, -0.25) is 9.48 Å². The van der Waals surface area contributed by atoms with Crippen molar-refractivity contribution in [3.8, 4) is 34.1 Å². The zero-order valence-electron chi connectivity index (χ0n) is 19.2. The number of pyridine rings is 1. The summed E-state index contributed by atoms with van der Waals surface area (Å²) in [6.07, 6.45) is 8.41. The fraction of sp³-hybridized carbons (Fsp3) is 0.240. The summed E-state index contributed by atoms with van der Waals surface area (Å²) in [5.74, 6) is 5.65. The molecule has 0 bridgehead atoms. The minimum atomic E-state index is -3.05. The summed E-state index contributed by atoms with van der Waals surface area (Å²) < 4.78 is 26.2. The smallest absolute Gasteiger partial charge is 0.235 e. The second-order valence-corrected chi connectivity index (χ2v) is 11.0. The number of nitrogens with two attached hydrogens (primary N) is 1. The maximum absolute atomic E-state index is 11.6. The van der Waals surface area contributed by atoms with Gasteiger partial charge in [-0.2, -0.15) is 10.2 Å². The van der Waals surface area contributed by atoms with E-state index in [-0.39, 0.29) is 5.75 Å². The number of aromatic nitrogens is 4. The van der Waals surface area contributed by atoms with Gasteiger partial charge in [-0.05, 0) is 37.1 Å². The Morgan fingerprint density at radius 3 is 2.44 bits per heavy atom. The van der Waals surface area contributed by atoms with Crippen LogP contribution in [0.4, 0.5) is 0 Å². The molecule has 174 valence electrons. The zero-order chi connectivity index (χ0) is 24.5. The minimum Gasteiger partial charge on any atom is -0.368 e. The first-order chi connectivity index (χ1) is 16.0. The van der Waals surface area contributed by atoms with E-state index in [1.165, 1.54) is 6.26 Å². The molecule has 2 N–H and O–H groups in total. The van der Waals surface area contributed by atoms with Crippen LogP contribution in [0.25, 0.3) is 27.8 Å². The number of fused-ring (bicyclic) bond motifs is 1. The van der Waals surface area contributed by atoms with Crippen LogP contribution >= 0.6 is 0 Å². The molecule has 4 aromatic rings. The molecule has 1 aromatic carbocycles. The number of aryl methyl sites for hydroxylation is 1. The van der Waals surface area contributed by atoms with E-state index in [4.69, 9.17) is 5.73 Å². The molecule has 3 aromatic heterocycles. The normalized spacial score (nSPS) is 11.9. The van der Waals surface area contributed by atoms with E-state index in [1.807, 2.05) is 48.8 Å². The molecule has 0 spiro atoms. The first-order valence-electron chi connectivity index (χ1n) is 10.6. The van der Waals surface area contributed by atoms with Crippen LogP contribution in [-0.2, 0) is 21.2 Å². The van der Waals surface area contributed by atoms with Crippen molar-refractivity contribution in [3.63, 3.8) is 0 Å². The van der Waals surface area contributed by atoms with Gasteiger partial charge >= 0.3 is 0 Å². The molecule has 0 aliphatic carbocycles. The summed E-state index contributed by atoms with van der Waals surface area (Å²) in [5.41, 5.74) is 9.85. The molecular formula is C25H25N5O3S. The van der Waals surface area contributed by atoms with Crippen molar-refractivity contribution < 1.29 is 13.2 Å². The van der Waals surface area contributed by atoms with Gasteiger partial charge in [0.1, 0.15) is 15.3 Å². The number of amides is 1. The van der Waals surface area contributed by atoms with Crippen molar-refractivity contribution >= 4 is 21.3 Å². The number of carbonyl (C=O) groups excluding carboxylic acids is 1. The molecular weight excluding hydrogens is 450 g/mol. The average molecular weight is 476 g/mol. The number of benzene rings is 1. The Morgan fingerprint density at radius 2 is 1.76 bits per heavy atom. The molecule has 1 amide bonds. The van der Waals surface area contributed by atoms with E-state index in [9.17, 15) is 13.2 Å². The Labute approximate surface area is 198 Å². The lowest BCUT2D eigenvalue weighted by Crippen LogP contribution is -2.29. The highest BCUT2D eigenvalue weighted by Gasteiger charge is 2.21. The van der Waals surface area contributed by atoms with E-state index in [1.54, 1.807) is 35.4 Å². The fourth-order valence-electron chi connectivity index (χ4n) is 3.38. The van der Waals surface area contributed by atoms with Crippen LogP contribution in [-0.4, -0.2) is 45.7 Å². The lowest BCUT2D eigenvalue weighted by Gasteiger charge is -2.11. The molecule has 8 nitrogen and oxygen atoms in total. The summed E-state index contributed by atoms with van der Waals surface area (Å²) in [5, 5.41) is 8.72. The second kappa shape index (κ2) is 8.80. The number of rotatable bonds is 6. The van der Waals surface area contributed by atoms with E-state index in [0.717, 1.165) is 33.3 Å². The van der Waals surface area contributed by atoms with E-state index in [0.29, 0.717) is 6.54 Å². The standard InChI is InChI=1S/C25H25N5O3S/c1-25(2,24(26)31)11-10-20-5-4-12-30-23(20)22(16-28-30)19-8-6-18(7-9-19)21-15-27-29(17-21)13-14-34(3,32)33/h4-9,12,15-17H,13-14H2,1-3H3,(H2,26,31). The second-order valence-electron chi connectivity index (χ2n) is 8.71. The molecule has 34 heavy (non-hydrogen) atoms. The summed E-state index contributed by atoms with van der Waals surface area (Å²) in [7, 11) is -3.05. The van der Waals surface area contributed by atoms with E-state index in [2.05, 4.69) is 22.0 Å². The lowest BCUT2D eigenvalue weighted by atomic mass is 9.93. The monoisotopic (exact) mass is 475 g/mol.